The first-order valence-electron chi connectivity index (χ1n) is 9.61. The lowest BCUT2D eigenvalue weighted by Crippen LogP contribution is -2.35. The van der Waals surface area contributed by atoms with Gasteiger partial charge in [-0.05, 0) is 73.1 Å². The Kier molecular flexibility index (Phi) is 5.59. The van der Waals surface area contributed by atoms with Gasteiger partial charge in [0, 0.05) is 11.3 Å². The summed E-state index contributed by atoms with van der Waals surface area (Å²) in [6, 6.07) is 21.2. The monoisotopic (exact) mass is 415 g/mol. The van der Waals surface area contributed by atoms with Gasteiger partial charge in [0.05, 0.1) is 6.42 Å². The van der Waals surface area contributed by atoms with E-state index in [9.17, 15) is 4.79 Å². The second-order valence-electron chi connectivity index (χ2n) is 7.17. The Morgan fingerprint density at radius 1 is 1.00 bits per heavy atom. The molecule has 1 heterocycles. The maximum Gasteiger partial charge on any atom is 0.230 e. The molecule has 2 N–H and O–H groups in total. The van der Waals surface area contributed by atoms with Crippen molar-refractivity contribution in [1.29, 1.82) is 0 Å². The molecule has 0 aliphatic heterocycles. The number of benzene rings is 3. The first-order chi connectivity index (χ1) is 14.5. The van der Waals surface area contributed by atoms with Crippen LogP contribution in [0.5, 0.6) is 0 Å². The smallest absolute Gasteiger partial charge is 0.230 e. The number of oxazole rings is 1. The molecular weight excluding hydrogens is 394 g/mol. The van der Waals surface area contributed by atoms with Gasteiger partial charge in [-0.3, -0.25) is 4.79 Å². The summed E-state index contributed by atoms with van der Waals surface area (Å²) in [5.74, 6) is 0.405. The molecule has 0 atom stereocenters. The largest absolute Gasteiger partial charge is 0.436 e. The standard InChI is InChI=1S/C24H21N3O2S/c1-15-8-9-18(12-16(15)2)23-26-20-14-19(10-11-21(20)29-23)25-24(30)27-22(28)13-17-6-4-3-5-7-17/h3-12,14H,13H2,1-2H3,(H2,25,27,28,30). The highest BCUT2D eigenvalue weighted by atomic mass is 32.1. The van der Waals surface area contributed by atoms with E-state index in [-0.39, 0.29) is 17.4 Å². The van der Waals surface area contributed by atoms with E-state index in [4.69, 9.17) is 16.6 Å². The van der Waals surface area contributed by atoms with Gasteiger partial charge in [-0.25, -0.2) is 4.98 Å². The molecule has 1 aromatic heterocycles. The summed E-state index contributed by atoms with van der Waals surface area (Å²) in [6.07, 6.45) is 0.268. The average molecular weight is 416 g/mol. The Morgan fingerprint density at radius 2 is 1.80 bits per heavy atom. The molecule has 30 heavy (non-hydrogen) atoms. The number of aromatic nitrogens is 1. The quantitative estimate of drug-likeness (QED) is 0.450. The van der Waals surface area contributed by atoms with Gasteiger partial charge in [-0.2, -0.15) is 0 Å². The Hall–Kier alpha value is -3.51. The predicted octanol–water partition coefficient (Wildman–Crippen LogP) is 5.17. The van der Waals surface area contributed by atoms with Gasteiger partial charge in [0.1, 0.15) is 5.52 Å². The second kappa shape index (κ2) is 8.47. The third-order valence-electron chi connectivity index (χ3n) is 4.86. The molecule has 150 valence electrons. The summed E-state index contributed by atoms with van der Waals surface area (Å²) in [4.78, 5) is 16.8. The summed E-state index contributed by atoms with van der Waals surface area (Å²) in [6.45, 7) is 4.14. The number of anilines is 1. The SMILES string of the molecule is Cc1ccc(-c2nc3cc(NC(=S)NC(=O)Cc4ccccc4)ccc3o2)cc1C. The van der Waals surface area contributed by atoms with E-state index in [0.717, 1.165) is 16.8 Å². The number of nitrogens with zero attached hydrogens (tertiary/aromatic N) is 1. The molecule has 0 spiro atoms. The molecule has 0 saturated carbocycles. The van der Waals surface area contributed by atoms with Crippen LogP contribution in [-0.2, 0) is 11.2 Å². The number of fused-ring (bicyclic) bond motifs is 1. The fourth-order valence-corrected chi connectivity index (χ4v) is 3.35. The highest BCUT2D eigenvalue weighted by molar-refractivity contribution is 7.80. The molecular formula is C24H21N3O2S. The van der Waals surface area contributed by atoms with Crippen molar-refractivity contribution in [3.8, 4) is 11.5 Å². The van der Waals surface area contributed by atoms with E-state index in [1.165, 1.54) is 11.1 Å². The zero-order valence-corrected chi connectivity index (χ0v) is 17.5. The van der Waals surface area contributed by atoms with Crippen molar-refractivity contribution >= 4 is 40.0 Å². The first kappa shape index (κ1) is 19.8. The number of hydrogen-bond acceptors (Lipinski definition) is 4. The minimum Gasteiger partial charge on any atom is -0.436 e. The Balaban J connectivity index is 1.45. The molecule has 3 aromatic carbocycles. The number of nitrogens with one attached hydrogen (secondary N) is 2. The molecule has 6 heteroatoms. The molecule has 0 aliphatic rings. The maximum atomic E-state index is 12.2. The predicted molar refractivity (Wildman–Crippen MR) is 123 cm³/mol. The third-order valence-corrected chi connectivity index (χ3v) is 5.06. The third kappa shape index (κ3) is 4.55. The van der Waals surface area contributed by atoms with Crippen LogP contribution >= 0.6 is 12.2 Å². The van der Waals surface area contributed by atoms with Gasteiger partial charge in [0.15, 0.2) is 10.7 Å². The highest BCUT2D eigenvalue weighted by Gasteiger charge is 2.11. The van der Waals surface area contributed by atoms with Gasteiger partial charge in [0.2, 0.25) is 11.8 Å². The van der Waals surface area contributed by atoms with Crippen molar-refractivity contribution in [2.24, 2.45) is 0 Å². The lowest BCUT2D eigenvalue weighted by molar-refractivity contribution is -0.119. The summed E-state index contributed by atoms with van der Waals surface area (Å²) in [7, 11) is 0. The molecule has 4 aromatic rings. The fraction of sp³-hybridized carbons (Fsp3) is 0.125. The van der Waals surface area contributed by atoms with Crippen LogP contribution in [0.2, 0.25) is 0 Å². The summed E-state index contributed by atoms with van der Waals surface area (Å²) < 4.78 is 5.90. The molecule has 0 saturated heterocycles. The van der Waals surface area contributed by atoms with Gasteiger partial charge < -0.3 is 15.1 Å². The molecule has 0 radical (unpaired) electrons. The molecule has 0 aliphatic carbocycles. The summed E-state index contributed by atoms with van der Waals surface area (Å²) in [5, 5.41) is 5.98. The Morgan fingerprint density at radius 3 is 2.57 bits per heavy atom. The number of carbonyl (C=O) groups is 1. The zero-order valence-electron chi connectivity index (χ0n) is 16.7. The number of aryl methyl sites for hydroxylation is 2. The Bertz CT molecular complexity index is 1230. The molecule has 0 bridgehead atoms. The van der Waals surface area contributed by atoms with Crippen molar-refractivity contribution in [3.05, 3.63) is 83.4 Å². The van der Waals surface area contributed by atoms with Crippen LogP contribution in [0.15, 0.2) is 71.1 Å². The fourth-order valence-electron chi connectivity index (χ4n) is 3.12. The van der Waals surface area contributed by atoms with Crippen LogP contribution in [0.25, 0.3) is 22.6 Å². The molecule has 1 amide bonds. The Labute approximate surface area is 180 Å². The number of hydrogen-bond donors (Lipinski definition) is 2. The normalized spacial score (nSPS) is 10.7. The van der Waals surface area contributed by atoms with Crippen LogP contribution in [0, 0.1) is 13.8 Å². The number of amides is 1. The molecule has 5 nitrogen and oxygen atoms in total. The van der Waals surface area contributed by atoms with Crippen molar-refractivity contribution in [2.75, 3.05) is 5.32 Å². The van der Waals surface area contributed by atoms with Crippen LogP contribution in [-0.4, -0.2) is 16.0 Å². The maximum absolute atomic E-state index is 12.2. The summed E-state index contributed by atoms with van der Waals surface area (Å²) >= 11 is 5.27. The lowest BCUT2D eigenvalue weighted by atomic mass is 10.1. The van der Waals surface area contributed by atoms with Gasteiger partial charge in [0.25, 0.3) is 0 Å². The van der Waals surface area contributed by atoms with Crippen LogP contribution in [0.1, 0.15) is 16.7 Å². The van der Waals surface area contributed by atoms with Crippen molar-refractivity contribution in [1.82, 2.24) is 10.3 Å². The zero-order chi connectivity index (χ0) is 21.1. The second-order valence-corrected chi connectivity index (χ2v) is 7.57. The van der Waals surface area contributed by atoms with Gasteiger partial charge in [-0.1, -0.05) is 36.4 Å². The van der Waals surface area contributed by atoms with Crippen molar-refractivity contribution in [2.45, 2.75) is 20.3 Å². The number of carbonyl (C=O) groups excluding carboxylic acids is 1. The number of thiocarbonyl (C=S) groups is 1. The minimum atomic E-state index is -0.168. The average Bonchev–Trinajstić information content (AvgIpc) is 3.14. The minimum absolute atomic E-state index is 0.168. The van der Waals surface area contributed by atoms with E-state index in [1.807, 2.05) is 54.6 Å². The van der Waals surface area contributed by atoms with E-state index in [0.29, 0.717) is 17.0 Å². The van der Waals surface area contributed by atoms with E-state index in [2.05, 4.69) is 41.6 Å². The van der Waals surface area contributed by atoms with E-state index < -0.39 is 0 Å². The summed E-state index contributed by atoms with van der Waals surface area (Å²) in [5.41, 5.74) is 6.41. The topological polar surface area (TPSA) is 67.2 Å². The molecule has 4 rings (SSSR count). The highest BCUT2D eigenvalue weighted by Crippen LogP contribution is 2.27. The molecule has 0 fully saturated rings. The number of rotatable bonds is 4. The molecule has 0 unspecified atom stereocenters. The van der Waals surface area contributed by atoms with Crippen LogP contribution in [0.3, 0.4) is 0 Å². The van der Waals surface area contributed by atoms with Crippen LogP contribution in [0.4, 0.5) is 5.69 Å². The van der Waals surface area contributed by atoms with Crippen molar-refractivity contribution < 1.29 is 9.21 Å². The lowest BCUT2D eigenvalue weighted by Gasteiger charge is -2.09. The van der Waals surface area contributed by atoms with E-state index in [1.54, 1.807) is 0 Å². The van der Waals surface area contributed by atoms with Gasteiger partial charge >= 0.3 is 0 Å². The van der Waals surface area contributed by atoms with E-state index >= 15 is 0 Å². The van der Waals surface area contributed by atoms with Crippen LogP contribution < -0.4 is 10.6 Å². The first-order valence-corrected chi connectivity index (χ1v) is 10.0. The van der Waals surface area contributed by atoms with Gasteiger partial charge in [-0.15, -0.1) is 0 Å². The van der Waals surface area contributed by atoms with Crippen molar-refractivity contribution in [3.63, 3.8) is 0 Å².